The van der Waals surface area contributed by atoms with E-state index in [4.69, 9.17) is 14.2 Å². The SMILES string of the molecule is COc1ccc(CN2CCn3nc(C4=N[C@@H](C)CO4)cc3C2=O)c(OC)c1. The molecule has 0 bridgehead atoms. The molecule has 1 atom stereocenters. The first-order chi connectivity index (χ1) is 13.1. The number of carbonyl (C=O) groups is 1. The largest absolute Gasteiger partial charge is 0.497 e. The molecule has 0 radical (unpaired) electrons. The van der Waals surface area contributed by atoms with Gasteiger partial charge in [-0.05, 0) is 19.1 Å². The van der Waals surface area contributed by atoms with Gasteiger partial charge in [0.25, 0.3) is 5.91 Å². The minimum absolute atomic E-state index is 0.0653. The van der Waals surface area contributed by atoms with E-state index in [9.17, 15) is 4.79 Å². The first kappa shape index (κ1) is 17.4. The van der Waals surface area contributed by atoms with Crippen LogP contribution in [0.25, 0.3) is 0 Å². The summed E-state index contributed by atoms with van der Waals surface area (Å²) >= 11 is 0. The van der Waals surface area contributed by atoms with Gasteiger partial charge < -0.3 is 19.1 Å². The first-order valence-electron chi connectivity index (χ1n) is 8.88. The number of aromatic nitrogens is 2. The molecule has 0 spiro atoms. The molecule has 0 unspecified atom stereocenters. The molecule has 0 fully saturated rings. The standard InChI is InChI=1S/C19H22N4O4/c1-12-11-27-18(20-12)15-9-16-19(24)22(6-7-23(16)21-15)10-13-4-5-14(25-2)8-17(13)26-3/h4-5,8-9,12H,6-7,10-11H2,1-3H3/t12-/m0/s1. The Bertz CT molecular complexity index is 905. The lowest BCUT2D eigenvalue weighted by atomic mass is 10.1. The average Bonchev–Trinajstić information content (AvgIpc) is 3.30. The van der Waals surface area contributed by atoms with Crippen LogP contribution in [0.4, 0.5) is 0 Å². The third-order valence-electron chi connectivity index (χ3n) is 4.74. The van der Waals surface area contributed by atoms with Gasteiger partial charge in [0.1, 0.15) is 29.5 Å². The molecule has 8 nitrogen and oxygen atoms in total. The van der Waals surface area contributed by atoms with Crippen molar-refractivity contribution < 1.29 is 19.0 Å². The molecule has 2 aromatic rings. The van der Waals surface area contributed by atoms with Crippen molar-refractivity contribution in [3.63, 3.8) is 0 Å². The van der Waals surface area contributed by atoms with Gasteiger partial charge in [-0.25, -0.2) is 4.99 Å². The van der Waals surface area contributed by atoms with Crippen molar-refractivity contribution in [2.45, 2.75) is 26.1 Å². The number of nitrogens with zero attached hydrogens (tertiary/aromatic N) is 4. The van der Waals surface area contributed by atoms with Crippen molar-refractivity contribution in [1.29, 1.82) is 0 Å². The van der Waals surface area contributed by atoms with E-state index in [0.717, 1.165) is 11.3 Å². The second-order valence-corrected chi connectivity index (χ2v) is 6.64. The summed E-state index contributed by atoms with van der Waals surface area (Å²) < 4.78 is 18.0. The average molecular weight is 370 g/mol. The maximum atomic E-state index is 13.0. The molecule has 0 aliphatic carbocycles. The number of hydrogen-bond donors (Lipinski definition) is 0. The lowest BCUT2D eigenvalue weighted by molar-refractivity contribution is 0.0682. The van der Waals surface area contributed by atoms with Crippen LogP contribution in [0.3, 0.4) is 0 Å². The fourth-order valence-corrected chi connectivity index (χ4v) is 3.30. The fourth-order valence-electron chi connectivity index (χ4n) is 3.30. The van der Waals surface area contributed by atoms with Crippen molar-refractivity contribution in [3.8, 4) is 11.5 Å². The molecule has 2 aliphatic rings. The fraction of sp³-hybridized carbons (Fsp3) is 0.421. The van der Waals surface area contributed by atoms with E-state index in [1.165, 1.54) is 0 Å². The van der Waals surface area contributed by atoms with Crippen LogP contribution in [0, 0.1) is 0 Å². The Morgan fingerprint density at radius 3 is 2.78 bits per heavy atom. The number of hydrogen-bond acceptors (Lipinski definition) is 6. The highest BCUT2D eigenvalue weighted by molar-refractivity contribution is 5.98. The molecular weight excluding hydrogens is 348 g/mol. The Morgan fingerprint density at radius 2 is 2.07 bits per heavy atom. The number of methoxy groups -OCH3 is 2. The molecule has 1 aromatic carbocycles. The molecule has 1 aromatic heterocycles. The van der Waals surface area contributed by atoms with Gasteiger partial charge in [-0.3, -0.25) is 9.48 Å². The molecule has 0 saturated heterocycles. The van der Waals surface area contributed by atoms with Crippen LogP contribution in [0.15, 0.2) is 29.3 Å². The van der Waals surface area contributed by atoms with Gasteiger partial charge in [-0.15, -0.1) is 0 Å². The monoisotopic (exact) mass is 370 g/mol. The minimum atomic E-state index is -0.0653. The molecule has 2 aliphatic heterocycles. The molecule has 1 amide bonds. The highest BCUT2D eigenvalue weighted by Crippen LogP contribution is 2.27. The summed E-state index contributed by atoms with van der Waals surface area (Å²) in [5.74, 6) is 1.87. The van der Waals surface area contributed by atoms with Crippen molar-refractivity contribution in [3.05, 3.63) is 41.2 Å². The number of carbonyl (C=O) groups excluding carboxylic acids is 1. The Balaban J connectivity index is 1.56. The number of benzene rings is 1. The van der Waals surface area contributed by atoms with E-state index in [2.05, 4.69) is 10.1 Å². The second-order valence-electron chi connectivity index (χ2n) is 6.64. The summed E-state index contributed by atoms with van der Waals surface area (Å²) in [6, 6.07) is 7.49. The van der Waals surface area contributed by atoms with Crippen molar-refractivity contribution in [2.75, 3.05) is 27.4 Å². The van der Waals surface area contributed by atoms with Crippen LogP contribution in [-0.2, 0) is 17.8 Å². The quantitative estimate of drug-likeness (QED) is 0.801. The zero-order valence-corrected chi connectivity index (χ0v) is 15.6. The van der Waals surface area contributed by atoms with E-state index in [1.807, 2.05) is 25.1 Å². The van der Waals surface area contributed by atoms with Gasteiger partial charge in [0.15, 0.2) is 0 Å². The van der Waals surface area contributed by atoms with E-state index in [-0.39, 0.29) is 11.9 Å². The van der Waals surface area contributed by atoms with Gasteiger partial charge in [-0.2, -0.15) is 5.10 Å². The van der Waals surface area contributed by atoms with Gasteiger partial charge in [0.2, 0.25) is 5.90 Å². The highest BCUT2D eigenvalue weighted by Gasteiger charge is 2.29. The van der Waals surface area contributed by atoms with Gasteiger partial charge in [0.05, 0.1) is 26.8 Å². The maximum Gasteiger partial charge on any atom is 0.272 e. The second kappa shape index (κ2) is 6.94. The molecule has 8 heteroatoms. The summed E-state index contributed by atoms with van der Waals surface area (Å²) in [4.78, 5) is 19.2. The number of amides is 1. The zero-order valence-electron chi connectivity index (χ0n) is 15.6. The topological polar surface area (TPSA) is 78.2 Å². The third kappa shape index (κ3) is 3.22. The predicted octanol–water partition coefficient (Wildman–Crippen LogP) is 1.72. The zero-order chi connectivity index (χ0) is 19.0. The van der Waals surface area contributed by atoms with Gasteiger partial charge >= 0.3 is 0 Å². The van der Waals surface area contributed by atoms with Crippen molar-refractivity contribution >= 4 is 11.8 Å². The summed E-state index contributed by atoms with van der Waals surface area (Å²) in [6.45, 7) is 4.20. The van der Waals surface area contributed by atoms with Crippen molar-refractivity contribution in [1.82, 2.24) is 14.7 Å². The predicted molar refractivity (Wildman–Crippen MR) is 98.5 cm³/mol. The Morgan fingerprint density at radius 1 is 1.22 bits per heavy atom. The smallest absolute Gasteiger partial charge is 0.272 e. The lowest BCUT2D eigenvalue weighted by Crippen LogP contribution is -2.39. The third-order valence-corrected chi connectivity index (χ3v) is 4.74. The molecule has 4 rings (SSSR count). The number of fused-ring (bicyclic) bond motifs is 1. The van der Waals surface area contributed by atoms with Gasteiger partial charge in [0, 0.05) is 30.8 Å². The summed E-state index contributed by atoms with van der Waals surface area (Å²) in [6.07, 6.45) is 0. The van der Waals surface area contributed by atoms with Crippen LogP contribution < -0.4 is 9.47 Å². The normalized spacial score (nSPS) is 18.8. The Labute approximate surface area is 157 Å². The summed E-state index contributed by atoms with van der Waals surface area (Å²) in [5.41, 5.74) is 2.10. The Hall–Kier alpha value is -3.03. The van der Waals surface area contributed by atoms with E-state index in [0.29, 0.717) is 49.3 Å². The summed E-state index contributed by atoms with van der Waals surface area (Å²) in [7, 11) is 3.22. The summed E-state index contributed by atoms with van der Waals surface area (Å²) in [5, 5.41) is 4.49. The van der Waals surface area contributed by atoms with Crippen LogP contribution in [0.5, 0.6) is 11.5 Å². The molecule has 0 N–H and O–H groups in total. The highest BCUT2D eigenvalue weighted by atomic mass is 16.5. The van der Waals surface area contributed by atoms with E-state index >= 15 is 0 Å². The molecular formula is C19H22N4O4. The molecule has 27 heavy (non-hydrogen) atoms. The van der Waals surface area contributed by atoms with E-state index in [1.54, 1.807) is 29.9 Å². The molecule has 0 saturated carbocycles. The lowest BCUT2D eigenvalue weighted by Gasteiger charge is -2.28. The Kier molecular flexibility index (Phi) is 4.47. The van der Waals surface area contributed by atoms with Crippen LogP contribution in [-0.4, -0.2) is 59.9 Å². The van der Waals surface area contributed by atoms with Crippen LogP contribution in [0.2, 0.25) is 0 Å². The number of rotatable bonds is 5. The first-order valence-corrected chi connectivity index (χ1v) is 8.88. The van der Waals surface area contributed by atoms with Crippen LogP contribution in [0.1, 0.15) is 28.7 Å². The number of ether oxygens (including phenoxy) is 3. The van der Waals surface area contributed by atoms with Crippen molar-refractivity contribution in [2.24, 2.45) is 4.99 Å². The molecule has 3 heterocycles. The van der Waals surface area contributed by atoms with Gasteiger partial charge in [-0.1, -0.05) is 0 Å². The molecule has 142 valence electrons. The van der Waals surface area contributed by atoms with E-state index < -0.39 is 0 Å². The van der Waals surface area contributed by atoms with Crippen LogP contribution >= 0.6 is 0 Å². The minimum Gasteiger partial charge on any atom is -0.497 e. The maximum absolute atomic E-state index is 13.0. The number of aliphatic imine (C=N–C) groups is 1.